The molecule has 1 N–H and O–H groups in total. The van der Waals surface area contributed by atoms with Crippen molar-refractivity contribution in [1.82, 2.24) is 10.2 Å². The maximum Gasteiger partial charge on any atom is 0.308 e. The number of hydrogen-bond donors (Lipinski definition) is 1. The number of nitrogens with one attached hydrogen (secondary N) is 1. The number of rotatable bonds is 5. The van der Waals surface area contributed by atoms with Gasteiger partial charge >= 0.3 is 5.97 Å². The van der Waals surface area contributed by atoms with Crippen LogP contribution in [-0.2, 0) is 16.0 Å². The summed E-state index contributed by atoms with van der Waals surface area (Å²) in [6.45, 7) is 11.9. The first kappa shape index (κ1) is 23.7. The highest BCUT2D eigenvalue weighted by molar-refractivity contribution is 14.0. The lowest BCUT2D eigenvalue weighted by molar-refractivity contribution is -0.146. The number of methoxy groups -OCH3 is 1. The van der Waals surface area contributed by atoms with Crippen LogP contribution in [0.25, 0.3) is 0 Å². The SMILES string of the molecule is CCNC(=NCCc1c(C)cc(C)cc1C)N1CCC(C(=O)OC)CC1.I. The quantitative estimate of drug-likeness (QED) is 0.299. The molecule has 0 unspecified atom stereocenters. The minimum absolute atomic E-state index is 0. The van der Waals surface area contributed by atoms with Gasteiger partial charge in [0.25, 0.3) is 0 Å². The van der Waals surface area contributed by atoms with Crippen molar-refractivity contribution < 1.29 is 9.53 Å². The largest absolute Gasteiger partial charge is 0.469 e. The summed E-state index contributed by atoms with van der Waals surface area (Å²) < 4.78 is 4.87. The van der Waals surface area contributed by atoms with Gasteiger partial charge in [-0.05, 0) is 63.6 Å². The van der Waals surface area contributed by atoms with Gasteiger partial charge < -0.3 is 15.0 Å². The van der Waals surface area contributed by atoms with Gasteiger partial charge in [-0.15, -0.1) is 24.0 Å². The predicted molar refractivity (Wildman–Crippen MR) is 122 cm³/mol. The van der Waals surface area contributed by atoms with Crippen molar-refractivity contribution in [1.29, 1.82) is 0 Å². The summed E-state index contributed by atoms with van der Waals surface area (Å²) in [5.41, 5.74) is 5.41. The fourth-order valence-electron chi connectivity index (χ4n) is 3.80. The number of hydrogen-bond acceptors (Lipinski definition) is 3. The molecule has 27 heavy (non-hydrogen) atoms. The molecule has 0 atom stereocenters. The summed E-state index contributed by atoms with van der Waals surface area (Å²) in [6, 6.07) is 4.49. The van der Waals surface area contributed by atoms with Gasteiger partial charge in [0, 0.05) is 26.2 Å². The maximum absolute atomic E-state index is 11.7. The average Bonchev–Trinajstić information content (AvgIpc) is 2.62. The minimum Gasteiger partial charge on any atom is -0.469 e. The predicted octanol–water partition coefficient (Wildman–Crippen LogP) is 3.62. The molecule has 2 rings (SSSR count). The second kappa shape index (κ2) is 11.5. The lowest BCUT2D eigenvalue weighted by Gasteiger charge is -2.33. The number of nitrogens with zero attached hydrogens (tertiary/aromatic N) is 2. The number of aryl methyl sites for hydroxylation is 3. The molecule has 1 heterocycles. The van der Waals surface area contributed by atoms with E-state index in [0.29, 0.717) is 0 Å². The lowest BCUT2D eigenvalue weighted by atomic mass is 9.97. The van der Waals surface area contributed by atoms with Crippen LogP contribution in [0.15, 0.2) is 17.1 Å². The second-order valence-electron chi connectivity index (χ2n) is 7.15. The number of esters is 1. The standard InChI is InChI=1S/C21H33N3O2.HI/c1-6-22-21(24-11-8-18(9-12-24)20(25)26-5)23-10-7-19-16(3)13-15(2)14-17(19)4;/h13-14,18H,6-12H2,1-5H3,(H,22,23);1H. The van der Waals surface area contributed by atoms with Crippen LogP contribution in [0.5, 0.6) is 0 Å². The third-order valence-electron chi connectivity index (χ3n) is 5.13. The van der Waals surface area contributed by atoms with Crippen LogP contribution in [0.2, 0.25) is 0 Å². The number of ether oxygens (including phenoxy) is 1. The van der Waals surface area contributed by atoms with Crippen molar-refractivity contribution in [2.24, 2.45) is 10.9 Å². The van der Waals surface area contributed by atoms with Gasteiger partial charge in [-0.2, -0.15) is 0 Å². The molecular weight excluding hydrogens is 453 g/mol. The van der Waals surface area contributed by atoms with E-state index in [1.807, 2.05) is 0 Å². The third kappa shape index (κ3) is 6.66. The van der Waals surface area contributed by atoms with Gasteiger partial charge in [0.1, 0.15) is 0 Å². The molecule has 6 heteroatoms. The molecule has 1 fully saturated rings. The van der Waals surface area contributed by atoms with Crippen LogP contribution in [0, 0.1) is 26.7 Å². The van der Waals surface area contributed by atoms with Gasteiger partial charge in [0.2, 0.25) is 0 Å². The number of carbonyl (C=O) groups excluding carboxylic acids is 1. The number of benzene rings is 1. The highest BCUT2D eigenvalue weighted by atomic mass is 127. The molecule has 0 saturated carbocycles. The first-order valence-electron chi connectivity index (χ1n) is 9.64. The molecular formula is C21H34IN3O2. The highest BCUT2D eigenvalue weighted by Gasteiger charge is 2.26. The first-order valence-corrected chi connectivity index (χ1v) is 9.64. The Morgan fingerprint density at radius 3 is 2.33 bits per heavy atom. The van der Waals surface area contributed by atoms with Crippen molar-refractivity contribution in [3.05, 3.63) is 34.4 Å². The number of guanidine groups is 1. The molecule has 0 bridgehead atoms. The molecule has 0 aliphatic carbocycles. The van der Waals surface area contributed by atoms with E-state index in [0.717, 1.165) is 51.4 Å². The molecule has 1 saturated heterocycles. The van der Waals surface area contributed by atoms with E-state index in [-0.39, 0.29) is 35.9 Å². The van der Waals surface area contributed by atoms with E-state index in [9.17, 15) is 4.79 Å². The van der Waals surface area contributed by atoms with Crippen molar-refractivity contribution >= 4 is 35.9 Å². The fourth-order valence-corrected chi connectivity index (χ4v) is 3.80. The Kier molecular flexibility index (Phi) is 10.1. The van der Waals surface area contributed by atoms with E-state index in [2.05, 4.69) is 50.0 Å². The highest BCUT2D eigenvalue weighted by Crippen LogP contribution is 2.19. The van der Waals surface area contributed by atoms with Crippen LogP contribution in [0.3, 0.4) is 0 Å². The number of piperidine rings is 1. The van der Waals surface area contributed by atoms with E-state index < -0.39 is 0 Å². The summed E-state index contributed by atoms with van der Waals surface area (Å²) >= 11 is 0. The van der Waals surface area contributed by atoms with Crippen molar-refractivity contribution in [2.75, 3.05) is 33.3 Å². The number of carbonyl (C=O) groups is 1. The van der Waals surface area contributed by atoms with E-state index in [1.165, 1.54) is 29.4 Å². The van der Waals surface area contributed by atoms with E-state index in [1.54, 1.807) is 0 Å². The molecule has 1 aromatic carbocycles. The number of halogens is 1. The topological polar surface area (TPSA) is 53.9 Å². The smallest absolute Gasteiger partial charge is 0.308 e. The maximum atomic E-state index is 11.7. The minimum atomic E-state index is -0.0862. The zero-order chi connectivity index (χ0) is 19.1. The molecule has 1 aromatic rings. The van der Waals surface area contributed by atoms with Crippen LogP contribution < -0.4 is 5.32 Å². The van der Waals surface area contributed by atoms with E-state index in [4.69, 9.17) is 9.73 Å². The molecule has 152 valence electrons. The van der Waals surface area contributed by atoms with Crippen LogP contribution in [0.4, 0.5) is 0 Å². The Labute approximate surface area is 181 Å². The molecule has 0 aromatic heterocycles. The molecule has 0 spiro atoms. The van der Waals surface area contributed by atoms with Crippen LogP contribution >= 0.6 is 24.0 Å². The normalized spacial score (nSPS) is 15.3. The first-order chi connectivity index (χ1) is 12.5. The third-order valence-corrected chi connectivity index (χ3v) is 5.13. The average molecular weight is 487 g/mol. The molecule has 5 nitrogen and oxygen atoms in total. The van der Waals surface area contributed by atoms with Crippen LogP contribution in [-0.4, -0.2) is 50.1 Å². The Morgan fingerprint density at radius 2 is 1.81 bits per heavy atom. The Bertz CT molecular complexity index is 630. The Hall–Kier alpha value is -1.31. The number of aliphatic imine (C=N–C) groups is 1. The molecule has 1 aliphatic rings. The lowest BCUT2D eigenvalue weighted by Crippen LogP contribution is -2.46. The molecule has 0 radical (unpaired) electrons. The van der Waals surface area contributed by atoms with Gasteiger partial charge in [0.15, 0.2) is 5.96 Å². The van der Waals surface area contributed by atoms with Crippen molar-refractivity contribution in [3.63, 3.8) is 0 Å². The van der Waals surface area contributed by atoms with Crippen molar-refractivity contribution in [2.45, 2.75) is 47.0 Å². The summed E-state index contributed by atoms with van der Waals surface area (Å²) in [5, 5.41) is 3.39. The molecule has 0 amide bonds. The molecule has 1 aliphatic heterocycles. The summed E-state index contributed by atoms with van der Waals surface area (Å²) in [7, 11) is 1.47. The Balaban J connectivity index is 0.00000364. The van der Waals surface area contributed by atoms with Gasteiger partial charge in [-0.3, -0.25) is 9.79 Å². The van der Waals surface area contributed by atoms with E-state index >= 15 is 0 Å². The summed E-state index contributed by atoms with van der Waals surface area (Å²) in [6.07, 6.45) is 2.60. The monoisotopic (exact) mass is 487 g/mol. The van der Waals surface area contributed by atoms with Gasteiger partial charge in [-0.25, -0.2) is 0 Å². The fraction of sp³-hybridized carbons (Fsp3) is 0.619. The summed E-state index contributed by atoms with van der Waals surface area (Å²) in [4.78, 5) is 18.8. The zero-order valence-corrected chi connectivity index (χ0v) is 19.6. The van der Waals surface area contributed by atoms with Gasteiger partial charge in [0.05, 0.1) is 13.0 Å². The van der Waals surface area contributed by atoms with Gasteiger partial charge in [-0.1, -0.05) is 17.7 Å². The summed E-state index contributed by atoms with van der Waals surface area (Å²) in [5.74, 6) is 0.895. The Morgan fingerprint density at radius 1 is 1.22 bits per heavy atom. The number of likely N-dealkylation sites (tertiary alicyclic amines) is 1. The van der Waals surface area contributed by atoms with Crippen LogP contribution in [0.1, 0.15) is 42.0 Å². The van der Waals surface area contributed by atoms with Crippen molar-refractivity contribution in [3.8, 4) is 0 Å². The zero-order valence-electron chi connectivity index (χ0n) is 17.3. The second-order valence-corrected chi connectivity index (χ2v) is 7.15.